The Balaban J connectivity index is 1.56. The SMILES string of the molecule is C=C1CCCC/C1=C/C=C1\CCCC2C(CCCCC(C)(C)O)=CCC12. The maximum Gasteiger partial charge on any atom is 0.0591 e. The summed E-state index contributed by atoms with van der Waals surface area (Å²) in [5.74, 6) is 1.56. The van der Waals surface area contributed by atoms with Gasteiger partial charge in [-0.15, -0.1) is 0 Å². The lowest BCUT2D eigenvalue weighted by Gasteiger charge is -2.31. The number of allylic oxidation sites excluding steroid dienone is 7. The van der Waals surface area contributed by atoms with Crippen LogP contribution in [0.2, 0.25) is 0 Å². The molecule has 0 bridgehead atoms. The van der Waals surface area contributed by atoms with Crippen LogP contribution in [-0.2, 0) is 0 Å². The summed E-state index contributed by atoms with van der Waals surface area (Å²) < 4.78 is 0. The summed E-state index contributed by atoms with van der Waals surface area (Å²) in [6.07, 6.45) is 22.3. The van der Waals surface area contributed by atoms with E-state index < -0.39 is 5.60 Å². The van der Waals surface area contributed by atoms with Gasteiger partial charge in [0.25, 0.3) is 0 Å². The first kappa shape index (κ1) is 19.7. The Hall–Kier alpha value is -1.08. The van der Waals surface area contributed by atoms with E-state index in [0.29, 0.717) is 0 Å². The molecule has 3 aliphatic rings. The first-order valence-corrected chi connectivity index (χ1v) is 10.9. The van der Waals surface area contributed by atoms with Gasteiger partial charge in [0.05, 0.1) is 5.60 Å². The van der Waals surface area contributed by atoms with Crippen molar-refractivity contribution in [2.75, 3.05) is 0 Å². The number of aliphatic hydroxyl groups is 1. The summed E-state index contributed by atoms with van der Waals surface area (Å²) in [5.41, 5.74) is 5.77. The van der Waals surface area contributed by atoms with Crippen LogP contribution in [-0.4, -0.2) is 10.7 Å². The zero-order valence-electron chi connectivity index (χ0n) is 17.0. The van der Waals surface area contributed by atoms with Crippen LogP contribution in [0.25, 0.3) is 0 Å². The molecule has 0 aromatic heterocycles. The number of hydrogen-bond acceptors (Lipinski definition) is 1. The van der Waals surface area contributed by atoms with E-state index in [2.05, 4.69) is 24.8 Å². The Kier molecular flexibility index (Phi) is 6.61. The standard InChI is InChI=1S/C25H38O/c1-19-9-4-5-10-20(19)14-15-22-12-8-13-23-21(16-17-24(22)23)11-6-7-18-25(2,3)26/h14-16,23-24,26H,1,4-13,17-18H2,2-3H3/b20-14-,22-15+. The normalized spacial score (nSPS) is 30.0. The van der Waals surface area contributed by atoms with Crippen molar-refractivity contribution >= 4 is 0 Å². The van der Waals surface area contributed by atoms with E-state index in [0.717, 1.165) is 24.7 Å². The Morgan fingerprint density at radius 3 is 2.65 bits per heavy atom. The van der Waals surface area contributed by atoms with Crippen molar-refractivity contribution in [2.24, 2.45) is 11.8 Å². The molecule has 0 aromatic rings. The van der Waals surface area contributed by atoms with Gasteiger partial charge in [-0.2, -0.15) is 0 Å². The van der Waals surface area contributed by atoms with Crippen molar-refractivity contribution in [2.45, 2.75) is 96.5 Å². The van der Waals surface area contributed by atoms with E-state index >= 15 is 0 Å². The predicted molar refractivity (Wildman–Crippen MR) is 112 cm³/mol. The minimum atomic E-state index is -0.510. The second kappa shape index (κ2) is 8.74. The van der Waals surface area contributed by atoms with Crippen molar-refractivity contribution in [3.63, 3.8) is 0 Å². The van der Waals surface area contributed by atoms with E-state index in [9.17, 15) is 5.11 Å². The average Bonchev–Trinajstić information content (AvgIpc) is 3.01. The second-order valence-electron chi connectivity index (χ2n) is 9.38. The fraction of sp³-hybridized carbons (Fsp3) is 0.680. The number of unbranched alkanes of at least 4 members (excludes halogenated alkanes) is 1. The van der Waals surface area contributed by atoms with E-state index in [1.807, 2.05) is 13.8 Å². The highest BCUT2D eigenvalue weighted by Crippen LogP contribution is 2.47. The van der Waals surface area contributed by atoms with Crippen LogP contribution >= 0.6 is 0 Å². The third-order valence-corrected chi connectivity index (χ3v) is 6.68. The summed E-state index contributed by atoms with van der Waals surface area (Å²) in [7, 11) is 0. The minimum Gasteiger partial charge on any atom is -0.390 e. The molecule has 1 nitrogen and oxygen atoms in total. The van der Waals surface area contributed by atoms with Gasteiger partial charge in [0.15, 0.2) is 0 Å². The lowest BCUT2D eigenvalue weighted by Crippen LogP contribution is -2.19. The molecule has 0 spiro atoms. The van der Waals surface area contributed by atoms with Gasteiger partial charge in [-0.05, 0) is 102 Å². The summed E-state index contributed by atoms with van der Waals surface area (Å²) in [4.78, 5) is 0. The largest absolute Gasteiger partial charge is 0.390 e. The minimum absolute atomic E-state index is 0.510. The van der Waals surface area contributed by atoms with Gasteiger partial charge in [0.1, 0.15) is 0 Å². The van der Waals surface area contributed by atoms with Crippen molar-refractivity contribution in [1.82, 2.24) is 0 Å². The van der Waals surface area contributed by atoms with E-state index in [-0.39, 0.29) is 0 Å². The molecule has 144 valence electrons. The van der Waals surface area contributed by atoms with Crippen LogP contribution in [0.4, 0.5) is 0 Å². The molecular formula is C25H38O. The first-order valence-electron chi connectivity index (χ1n) is 10.9. The molecule has 0 saturated heterocycles. The van der Waals surface area contributed by atoms with Crippen molar-refractivity contribution in [3.8, 4) is 0 Å². The Morgan fingerprint density at radius 1 is 1.08 bits per heavy atom. The summed E-state index contributed by atoms with van der Waals surface area (Å²) in [6.45, 7) is 8.12. The van der Waals surface area contributed by atoms with Crippen molar-refractivity contribution < 1.29 is 5.11 Å². The molecule has 0 aromatic carbocycles. The van der Waals surface area contributed by atoms with Crippen LogP contribution in [0.5, 0.6) is 0 Å². The van der Waals surface area contributed by atoms with Gasteiger partial charge in [0.2, 0.25) is 0 Å². The molecular weight excluding hydrogens is 316 g/mol. The van der Waals surface area contributed by atoms with Gasteiger partial charge in [-0.25, -0.2) is 0 Å². The zero-order valence-corrected chi connectivity index (χ0v) is 17.0. The van der Waals surface area contributed by atoms with Gasteiger partial charge in [0, 0.05) is 0 Å². The topological polar surface area (TPSA) is 20.2 Å². The molecule has 1 N–H and O–H groups in total. The second-order valence-corrected chi connectivity index (χ2v) is 9.38. The molecule has 2 unspecified atom stereocenters. The molecule has 26 heavy (non-hydrogen) atoms. The van der Waals surface area contributed by atoms with Crippen LogP contribution in [0.1, 0.15) is 90.9 Å². The zero-order chi connectivity index (χ0) is 18.6. The Labute approximate surface area is 161 Å². The summed E-state index contributed by atoms with van der Waals surface area (Å²) >= 11 is 0. The van der Waals surface area contributed by atoms with Crippen molar-refractivity contribution in [1.29, 1.82) is 0 Å². The van der Waals surface area contributed by atoms with Crippen molar-refractivity contribution in [3.05, 3.63) is 47.1 Å². The maximum absolute atomic E-state index is 9.88. The van der Waals surface area contributed by atoms with Crippen LogP contribution in [0.3, 0.4) is 0 Å². The van der Waals surface area contributed by atoms with E-state index in [1.54, 1.807) is 11.1 Å². The highest BCUT2D eigenvalue weighted by molar-refractivity contribution is 5.36. The molecule has 0 heterocycles. The molecule has 0 radical (unpaired) electrons. The third kappa shape index (κ3) is 5.22. The molecule has 1 heteroatoms. The lowest BCUT2D eigenvalue weighted by molar-refractivity contribution is 0.0682. The number of hydrogen-bond donors (Lipinski definition) is 1. The Morgan fingerprint density at radius 2 is 1.88 bits per heavy atom. The highest BCUT2D eigenvalue weighted by atomic mass is 16.3. The number of fused-ring (bicyclic) bond motifs is 1. The fourth-order valence-corrected chi connectivity index (χ4v) is 5.14. The highest BCUT2D eigenvalue weighted by Gasteiger charge is 2.34. The van der Waals surface area contributed by atoms with Gasteiger partial charge >= 0.3 is 0 Å². The van der Waals surface area contributed by atoms with Crippen LogP contribution < -0.4 is 0 Å². The van der Waals surface area contributed by atoms with Gasteiger partial charge in [-0.3, -0.25) is 0 Å². The molecule has 0 amide bonds. The van der Waals surface area contributed by atoms with Crippen LogP contribution in [0.15, 0.2) is 47.1 Å². The lowest BCUT2D eigenvalue weighted by atomic mass is 9.74. The predicted octanol–water partition coefficient (Wildman–Crippen LogP) is 7.05. The maximum atomic E-state index is 9.88. The number of rotatable bonds is 6. The average molecular weight is 355 g/mol. The molecule has 2 saturated carbocycles. The Bertz CT molecular complexity index is 596. The monoisotopic (exact) mass is 354 g/mol. The van der Waals surface area contributed by atoms with E-state index in [1.165, 1.54) is 75.4 Å². The molecule has 3 rings (SSSR count). The first-order chi connectivity index (χ1) is 12.4. The summed E-state index contributed by atoms with van der Waals surface area (Å²) in [6, 6.07) is 0. The molecule has 0 aliphatic heterocycles. The van der Waals surface area contributed by atoms with Crippen LogP contribution in [0, 0.1) is 11.8 Å². The van der Waals surface area contributed by atoms with Gasteiger partial charge < -0.3 is 5.11 Å². The third-order valence-electron chi connectivity index (χ3n) is 6.68. The smallest absolute Gasteiger partial charge is 0.0591 e. The quantitative estimate of drug-likeness (QED) is 0.400. The molecule has 2 fully saturated rings. The van der Waals surface area contributed by atoms with Gasteiger partial charge in [-0.1, -0.05) is 47.9 Å². The van der Waals surface area contributed by atoms with E-state index in [4.69, 9.17) is 0 Å². The fourth-order valence-electron chi connectivity index (χ4n) is 5.14. The summed E-state index contributed by atoms with van der Waals surface area (Å²) in [5, 5.41) is 9.88. The molecule has 3 aliphatic carbocycles. The molecule has 2 atom stereocenters.